The summed E-state index contributed by atoms with van der Waals surface area (Å²) in [4.78, 5) is 21.7. The number of fused-ring (bicyclic) bond motifs is 1. The number of amides is 1. The molecule has 1 saturated heterocycles. The zero-order valence-corrected chi connectivity index (χ0v) is 16.6. The Morgan fingerprint density at radius 3 is 2.78 bits per heavy atom. The Morgan fingerprint density at radius 1 is 1.26 bits per heavy atom. The largest absolute Gasteiger partial charge is 0.465 e. The van der Waals surface area contributed by atoms with E-state index in [0.717, 1.165) is 51.7 Å². The Kier molecular flexibility index (Phi) is 4.82. The first-order chi connectivity index (χ1) is 13.0. The molecule has 1 N–H and O–H groups in total. The molecule has 7 nitrogen and oxygen atoms in total. The Labute approximate surface area is 165 Å². The molecule has 0 unspecified atom stereocenters. The predicted molar refractivity (Wildman–Crippen MR) is 106 cm³/mol. The highest BCUT2D eigenvalue weighted by atomic mass is 79.9. The van der Waals surface area contributed by atoms with Gasteiger partial charge in [0.1, 0.15) is 0 Å². The lowest BCUT2D eigenvalue weighted by Crippen LogP contribution is -2.38. The molecular weight excluding hydrogens is 410 g/mol. The van der Waals surface area contributed by atoms with Gasteiger partial charge in [-0.15, -0.1) is 0 Å². The van der Waals surface area contributed by atoms with Gasteiger partial charge in [0.2, 0.25) is 0 Å². The van der Waals surface area contributed by atoms with Crippen molar-refractivity contribution in [2.75, 3.05) is 13.1 Å². The number of aryl methyl sites for hydroxylation is 1. The molecule has 1 amide bonds. The molecule has 1 aliphatic heterocycles. The van der Waals surface area contributed by atoms with Crippen LogP contribution in [0.3, 0.4) is 0 Å². The van der Waals surface area contributed by atoms with Gasteiger partial charge in [0, 0.05) is 35.9 Å². The zero-order chi connectivity index (χ0) is 19.0. The third-order valence-corrected chi connectivity index (χ3v) is 5.94. The first-order valence-electron chi connectivity index (χ1n) is 8.93. The molecule has 1 aromatic carbocycles. The SMILES string of the molecule is Cc1cc2ncc(-c3cnn(CC4CCN(C(=O)O)CC4)c3)nc2cc1Br. The maximum Gasteiger partial charge on any atom is 0.407 e. The normalized spacial score (nSPS) is 15.4. The van der Waals surface area contributed by atoms with Gasteiger partial charge in [-0.25, -0.2) is 9.78 Å². The smallest absolute Gasteiger partial charge is 0.407 e. The molecule has 0 bridgehead atoms. The molecule has 0 saturated carbocycles. The molecule has 8 heteroatoms. The van der Waals surface area contributed by atoms with Crippen LogP contribution in [-0.2, 0) is 6.54 Å². The van der Waals surface area contributed by atoms with Crippen LogP contribution in [0.1, 0.15) is 18.4 Å². The number of halogens is 1. The van der Waals surface area contributed by atoms with Gasteiger partial charge in [0.05, 0.1) is 29.1 Å². The molecule has 2 aromatic heterocycles. The maximum absolute atomic E-state index is 11.0. The number of hydrogen-bond donors (Lipinski definition) is 1. The number of nitrogens with zero attached hydrogens (tertiary/aromatic N) is 5. The number of aromatic nitrogens is 4. The van der Waals surface area contributed by atoms with Crippen LogP contribution in [0, 0.1) is 12.8 Å². The summed E-state index contributed by atoms with van der Waals surface area (Å²) in [5.74, 6) is 0.440. The topological polar surface area (TPSA) is 84.1 Å². The Morgan fingerprint density at radius 2 is 2.04 bits per heavy atom. The van der Waals surface area contributed by atoms with E-state index in [0.29, 0.717) is 19.0 Å². The summed E-state index contributed by atoms with van der Waals surface area (Å²) < 4.78 is 2.94. The molecule has 0 aliphatic carbocycles. The second-order valence-electron chi connectivity index (χ2n) is 7.01. The molecule has 0 spiro atoms. The van der Waals surface area contributed by atoms with Gasteiger partial charge in [-0.3, -0.25) is 9.67 Å². The van der Waals surface area contributed by atoms with Crippen molar-refractivity contribution in [2.24, 2.45) is 5.92 Å². The first kappa shape index (κ1) is 17.9. The number of benzene rings is 1. The summed E-state index contributed by atoms with van der Waals surface area (Å²) in [6, 6.07) is 4.00. The highest BCUT2D eigenvalue weighted by molar-refractivity contribution is 9.10. The number of hydrogen-bond acceptors (Lipinski definition) is 4. The van der Waals surface area contributed by atoms with Crippen molar-refractivity contribution < 1.29 is 9.90 Å². The molecule has 1 aliphatic rings. The number of carboxylic acid groups (broad SMARTS) is 1. The van der Waals surface area contributed by atoms with Gasteiger partial charge >= 0.3 is 6.09 Å². The number of piperidine rings is 1. The Hall–Kier alpha value is -2.48. The fraction of sp³-hybridized carbons (Fsp3) is 0.368. The quantitative estimate of drug-likeness (QED) is 0.680. The summed E-state index contributed by atoms with van der Waals surface area (Å²) in [6.07, 6.45) is 6.48. The van der Waals surface area contributed by atoms with Crippen LogP contribution in [0.4, 0.5) is 4.79 Å². The van der Waals surface area contributed by atoms with Gasteiger partial charge in [-0.1, -0.05) is 15.9 Å². The molecule has 1 fully saturated rings. The third kappa shape index (κ3) is 3.80. The molecular formula is C19H20BrN5O2. The van der Waals surface area contributed by atoms with E-state index in [1.807, 2.05) is 36.1 Å². The van der Waals surface area contributed by atoms with E-state index < -0.39 is 6.09 Å². The molecule has 140 valence electrons. The van der Waals surface area contributed by atoms with E-state index in [1.165, 1.54) is 4.90 Å². The Bertz CT molecular complexity index is 995. The van der Waals surface area contributed by atoms with Crippen LogP contribution >= 0.6 is 15.9 Å². The minimum Gasteiger partial charge on any atom is -0.465 e. The van der Waals surface area contributed by atoms with Crippen molar-refractivity contribution >= 4 is 33.1 Å². The second-order valence-corrected chi connectivity index (χ2v) is 7.86. The summed E-state index contributed by atoms with van der Waals surface area (Å²) in [6.45, 7) is 4.01. The fourth-order valence-electron chi connectivity index (χ4n) is 3.44. The summed E-state index contributed by atoms with van der Waals surface area (Å²) >= 11 is 3.55. The molecule has 0 radical (unpaired) electrons. The maximum atomic E-state index is 11.0. The number of carbonyl (C=O) groups is 1. The van der Waals surface area contributed by atoms with Gasteiger partial charge in [-0.2, -0.15) is 5.10 Å². The van der Waals surface area contributed by atoms with E-state index in [4.69, 9.17) is 10.1 Å². The highest BCUT2D eigenvalue weighted by Crippen LogP contribution is 2.25. The van der Waals surface area contributed by atoms with Crippen molar-refractivity contribution in [3.8, 4) is 11.3 Å². The van der Waals surface area contributed by atoms with Crippen LogP contribution in [0.5, 0.6) is 0 Å². The average molecular weight is 430 g/mol. The van der Waals surface area contributed by atoms with Gasteiger partial charge in [-0.05, 0) is 43.4 Å². The Balaban J connectivity index is 1.48. The summed E-state index contributed by atoms with van der Waals surface area (Å²) in [7, 11) is 0. The predicted octanol–water partition coefficient (Wildman–Crippen LogP) is 3.95. The monoisotopic (exact) mass is 429 g/mol. The highest BCUT2D eigenvalue weighted by Gasteiger charge is 2.22. The van der Waals surface area contributed by atoms with Gasteiger partial charge < -0.3 is 10.0 Å². The van der Waals surface area contributed by atoms with Crippen molar-refractivity contribution in [2.45, 2.75) is 26.3 Å². The van der Waals surface area contributed by atoms with Gasteiger partial charge in [0.25, 0.3) is 0 Å². The third-order valence-electron chi connectivity index (χ3n) is 5.08. The van der Waals surface area contributed by atoms with Crippen molar-refractivity contribution in [1.82, 2.24) is 24.6 Å². The average Bonchev–Trinajstić information content (AvgIpc) is 3.11. The van der Waals surface area contributed by atoms with Crippen LogP contribution in [0.2, 0.25) is 0 Å². The minimum atomic E-state index is -0.827. The lowest BCUT2D eigenvalue weighted by Gasteiger charge is -2.29. The van der Waals surface area contributed by atoms with Crippen LogP contribution < -0.4 is 0 Å². The fourth-order valence-corrected chi connectivity index (χ4v) is 3.78. The van der Waals surface area contributed by atoms with Crippen molar-refractivity contribution in [3.63, 3.8) is 0 Å². The lowest BCUT2D eigenvalue weighted by molar-refractivity contribution is 0.121. The first-order valence-corrected chi connectivity index (χ1v) is 9.72. The van der Waals surface area contributed by atoms with Crippen LogP contribution in [0.15, 0.2) is 35.2 Å². The van der Waals surface area contributed by atoms with Crippen molar-refractivity contribution in [3.05, 3.63) is 40.8 Å². The lowest BCUT2D eigenvalue weighted by atomic mass is 9.97. The second kappa shape index (κ2) is 7.26. The number of likely N-dealkylation sites (tertiary alicyclic amines) is 1. The van der Waals surface area contributed by atoms with E-state index >= 15 is 0 Å². The van der Waals surface area contributed by atoms with E-state index in [9.17, 15) is 4.79 Å². The molecule has 4 rings (SSSR count). The molecule has 27 heavy (non-hydrogen) atoms. The number of rotatable bonds is 3. The minimum absolute atomic E-state index is 0.440. The van der Waals surface area contributed by atoms with E-state index in [-0.39, 0.29) is 0 Å². The summed E-state index contributed by atoms with van der Waals surface area (Å²) in [5.41, 5.74) is 4.58. The van der Waals surface area contributed by atoms with Crippen LogP contribution in [0.25, 0.3) is 22.3 Å². The molecule has 3 aromatic rings. The van der Waals surface area contributed by atoms with Gasteiger partial charge in [0.15, 0.2) is 0 Å². The zero-order valence-electron chi connectivity index (χ0n) is 15.0. The van der Waals surface area contributed by atoms with Crippen LogP contribution in [-0.4, -0.2) is 48.9 Å². The standard InChI is InChI=1S/C19H20BrN5O2/c1-12-6-16-17(7-15(12)20)23-18(9-21-16)14-8-22-25(11-14)10-13-2-4-24(5-3-13)19(26)27/h6-9,11,13H,2-5,10H2,1H3,(H,26,27). The summed E-state index contributed by atoms with van der Waals surface area (Å²) in [5, 5.41) is 13.5. The molecule has 0 atom stereocenters. The van der Waals surface area contributed by atoms with Crippen molar-refractivity contribution in [1.29, 1.82) is 0 Å². The van der Waals surface area contributed by atoms with E-state index in [2.05, 4.69) is 26.0 Å². The van der Waals surface area contributed by atoms with E-state index in [1.54, 1.807) is 6.20 Å². The molecule has 3 heterocycles.